The molecule has 0 saturated carbocycles. The Labute approximate surface area is 110 Å². The second kappa shape index (κ2) is 6.46. The summed E-state index contributed by atoms with van der Waals surface area (Å²) in [5.41, 5.74) is 2.91. The van der Waals surface area contributed by atoms with E-state index in [-0.39, 0.29) is 0 Å². The van der Waals surface area contributed by atoms with Gasteiger partial charge in [-0.1, -0.05) is 29.8 Å². The third-order valence-electron chi connectivity index (χ3n) is 3.58. The summed E-state index contributed by atoms with van der Waals surface area (Å²) in [6, 6.07) is 9.72. The van der Waals surface area contributed by atoms with Gasteiger partial charge in [0.1, 0.15) is 0 Å². The van der Waals surface area contributed by atoms with Crippen LogP contribution in [-0.4, -0.2) is 30.0 Å². The van der Waals surface area contributed by atoms with Gasteiger partial charge in [-0.2, -0.15) is 11.8 Å². The van der Waals surface area contributed by atoms with E-state index in [9.17, 15) is 0 Å². The summed E-state index contributed by atoms with van der Waals surface area (Å²) in [6.45, 7) is 4.74. The van der Waals surface area contributed by atoms with Gasteiger partial charge in [0.25, 0.3) is 0 Å². The van der Waals surface area contributed by atoms with Crippen LogP contribution in [0.25, 0.3) is 0 Å². The average molecular weight is 249 g/mol. The highest BCUT2D eigenvalue weighted by Crippen LogP contribution is 2.32. The Morgan fingerprint density at radius 3 is 3.06 bits per heavy atom. The van der Waals surface area contributed by atoms with Crippen LogP contribution in [0.3, 0.4) is 0 Å². The normalized spacial score (nSPS) is 20.9. The highest BCUT2D eigenvalue weighted by molar-refractivity contribution is 7.98. The third-order valence-corrected chi connectivity index (χ3v) is 4.28. The van der Waals surface area contributed by atoms with E-state index in [1.54, 1.807) is 0 Å². The number of benzene rings is 1. The van der Waals surface area contributed by atoms with E-state index in [0.717, 1.165) is 0 Å². The minimum Gasteiger partial charge on any atom is -0.296 e. The van der Waals surface area contributed by atoms with Crippen molar-refractivity contribution in [1.29, 1.82) is 0 Å². The van der Waals surface area contributed by atoms with E-state index in [1.165, 1.54) is 49.2 Å². The van der Waals surface area contributed by atoms with Crippen molar-refractivity contribution in [2.45, 2.75) is 32.2 Å². The van der Waals surface area contributed by atoms with Gasteiger partial charge in [0.2, 0.25) is 0 Å². The molecule has 1 aliphatic heterocycles. The summed E-state index contributed by atoms with van der Waals surface area (Å²) < 4.78 is 0. The lowest BCUT2D eigenvalue weighted by Crippen LogP contribution is -2.24. The van der Waals surface area contributed by atoms with Crippen molar-refractivity contribution < 1.29 is 0 Å². The first-order valence-electron chi connectivity index (χ1n) is 6.61. The number of thioether (sulfide) groups is 1. The molecule has 1 aromatic rings. The molecule has 0 spiro atoms. The van der Waals surface area contributed by atoms with Crippen LogP contribution in [0.5, 0.6) is 0 Å². The molecule has 0 aromatic heterocycles. The number of aryl methyl sites for hydroxylation is 1. The maximum Gasteiger partial charge on any atom is 0.0348 e. The van der Waals surface area contributed by atoms with Crippen molar-refractivity contribution in [3.8, 4) is 0 Å². The zero-order chi connectivity index (χ0) is 12.1. The summed E-state index contributed by atoms with van der Waals surface area (Å²) in [5.74, 6) is 1.29. The van der Waals surface area contributed by atoms with Crippen molar-refractivity contribution in [2.24, 2.45) is 0 Å². The number of hydrogen-bond donors (Lipinski definition) is 0. The van der Waals surface area contributed by atoms with Crippen molar-refractivity contribution in [3.63, 3.8) is 0 Å². The van der Waals surface area contributed by atoms with Crippen LogP contribution in [-0.2, 0) is 0 Å². The molecule has 1 nitrogen and oxygen atoms in total. The lowest BCUT2D eigenvalue weighted by molar-refractivity contribution is 0.258. The highest BCUT2D eigenvalue weighted by atomic mass is 32.2. The topological polar surface area (TPSA) is 3.24 Å². The van der Waals surface area contributed by atoms with E-state index < -0.39 is 0 Å². The minimum absolute atomic E-state index is 0.678. The second-order valence-corrected chi connectivity index (χ2v) is 5.94. The monoisotopic (exact) mass is 249 g/mol. The van der Waals surface area contributed by atoms with E-state index in [2.05, 4.69) is 42.3 Å². The molecule has 0 unspecified atom stereocenters. The number of likely N-dealkylation sites (tertiary alicyclic amines) is 1. The van der Waals surface area contributed by atoms with Gasteiger partial charge < -0.3 is 0 Å². The quantitative estimate of drug-likeness (QED) is 0.728. The first kappa shape index (κ1) is 13.0. The fourth-order valence-electron chi connectivity index (χ4n) is 2.76. The Morgan fingerprint density at radius 1 is 1.41 bits per heavy atom. The van der Waals surface area contributed by atoms with Crippen molar-refractivity contribution in [2.75, 3.05) is 25.1 Å². The molecule has 0 radical (unpaired) electrons. The van der Waals surface area contributed by atoms with Gasteiger partial charge in [0, 0.05) is 6.04 Å². The van der Waals surface area contributed by atoms with E-state index in [0.29, 0.717) is 6.04 Å². The van der Waals surface area contributed by atoms with Crippen LogP contribution >= 0.6 is 11.8 Å². The molecule has 1 fully saturated rings. The van der Waals surface area contributed by atoms with Gasteiger partial charge in [-0.05, 0) is 56.8 Å². The average Bonchev–Trinajstić information content (AvgIpc) is 2.78. The highest BCUT2D eigenvalue weighted by Gasteiger charge is 2.25. The summed E-state index contributed by atoms with van der Waals surface area (Å²) in [6.07, 6.45) is 6.21. The summed E-state index contributed by atoms with van der Waals surface area (Å²) in [4.78, 5) is 2.67. The largest absolute Gasteiger partial charge is 0.296 e. The molecule has 1 aliphatic rings. The third kappa shape index (κ3) is 3.49. The van der Waals surface area contributed by atoms with E-state index in [4.69, 9.17) is 0 Å². The van der Waals surface area contributed by atoms with Crippen LogP contribution in [0.1, 0.15) is 36.4 Å². The molecule has 2 heteroatoms. The second-order valence-electron chi connectivity index (χ2n) is 4.95. The van der Waals surface area contributed by atoms with Crippen molar-refractivity contribution in [3.05, 3.63) is 35.4 Å². The Kier molecular flexibility index (Phi) is 4.93. The molecule has 0 amide bonds. The fraction of sp³-hybridized carbons (Fsp3) is 0.600. The molecule has 94 valence electrons. The Balaban J connectivity index is 1.99. The minimum atomic E-state index is 0.678. The van der Waals surface area contributed by atoms with Crippen LogP contribution in [0, 0.1) is 6.92 Å². The molecule has 1 heterocycles. The maximum atomic E-state index is 2.67. The molecular formula is C15H23NS. The number of rotatable bonds is 5. The van der Waals surface area contributed by atoms with Crippen LogP contribution < -0.4 is 0 Å². The van der Waals surface area contributed by atoms with Crippen molar-refractivity contribution >= 4 is 11.8 Å². The Bertz CT molecular complexity index is 351. The zero-order valence-corrected chi connectivity index (χ0v) is 11.8. The molecule has 1 saturated heterocycles. The Hall–Kier alpha value is -0.470. The summed E-state index contributed by atoms with van der Waals surface area (Å²) in [7, 11) is 0. The van der Waals surface area contributed by atoms with Gasteiger partial charge in [0.15, 0.2) is 0 Å². The zero-order valence-electron chi connectivity index (χ0n) is 11.0. The Morgan fingerprint density at radius 2 is 2.29 bits per heavy atom. The van der Waals surface area contributed by atoms with Gasteiger partial charge in [0.05, 0.1) is 0 Å². The van der Waals surface area contributed by atoms with Gasteiger partial charge in [-0.25, -0.2) is 0 Å². The van der Waals surface area contributed by atoms with Crippen LogP contribution in [0.2, 0.25) is 0 Å². The fourth-order valence-corrected chi connectivity index (χ4v) is 3.18. The molecule has 1 aromatic carbocycles. The molecule has 1 atom stereocenters. The lowest BCUT2D eigenvalue weighted by atomic mass is 10.0. The smallest absolute Gasteiger partial charge is 0.0348 e. The van der Waals surface area contributed by atoms with Gasteiger partial charge in [-0.3, -0.25) is 4.90 Å². The SMILES string of the molecule is CSCCCN1CCC[C@@H]1c1cccc(C)c1. The molecule has 2 rings (SSSR count). The summed E-state index contributed by atoms with van der Waals surface area (Å²) >= 11 is 1.96. The maximum absolute atomic E-state index is 2.67. The van der Waals surface area contributed by atoms with E-state index in [1.807, 2.05) is 11.8 Å². The first-order chi connectivity index (χ1) is 8.31. The molecule has 0 aliphatic carbocycles. The first-order valence-corrected chi connectivity index (χ1v) is 8.00. The molecule has 0 bridgehead atoms. The predicted molar refractivity (Wildman–Crippen MR) is 77.7 cm³/mol. The molecular weight excluding hydrogens is 226 g/mol. The van der Waals surface area contributed by atoms with Crippen molar-refractivity contribution in [1.82, 2.24) is 4.90 Å². The number of nitrogens with zero attached hydrogens (tertiary/aromatic N) is 1. The number of hydrogen-bond acceptors (Lipinski definition) is 2. The van der Waals surface area contributed by atoms with Gasteiger partial charge >= 0.3 is 0 Å². The molecule has 17 heavy (non-hydrogen) atoms. The van der Waals surface area contributed by atoms with E-state index >= 15 is 0 Å². The predicted octanol–water partition coefficient (Wildman–Crippen LogP) is 3.89. The summed E-state index contributed by atoms with van der Waals surface area (Å²) in [5, 5.41) is 0. The van der Waals surface area contributed by atoms with Crippen LogP contribution in [0.4, 0.5) is 0 Å². The van der Waals surface area contributed by atoms with Crippen LogP contribution in [0.15, 0.2) is 24.3 Å². The van der Waals surface area contributed by atoms with Gasteiger partial charge in [-0.15, -0.1) is 0 Å². The standard InChI is InChI=1S/C15H23NS/c1-13-6-3-7-14(12-13)15-8-4-9-16(15)10-5-11-17-2/h3,6-7,12,15H,4-5,8-11H2,1-2H3/t15-/m1/s1. The lowest BCUT2D eigenvalue weighted by Gasteiger charge is -2.25. The molecule has 0 N–H and O–H groups in total.